The van der Waals surface area contributed by atoms with Crippen LogP contribution < -0.4 is 6.15 Å². The standard InChI is InChI=1S/C18H30O3S.H3N/c1-2-3-4-5-6-7-8-9-10-11-14-17-15-12-13-16-18(17)22(19,20)21;/h12-13,15-16H,2-11,14H2,1H3,(H,19,20,21);1H3. The van der Waals surface area contributed by atoms with Crippen molar-refractivity contribution in [3.05, 3.63) is 29.8 Å². The molecule has 4 nitrogen and oxygen atoms in total. The van der Waals surface area contributed by atoms with Crippen LogP contribution in [0, 0.1) is 0 Å². The van der Waals surface area contributed by atoms with E-state index >= 15 is 0 Å². The van der Waals surface area contributed by atoms with Crippen molar-refractivity contribution >= 4 is 10.1 Å². The van der Waals surface area contributed by atoms with Gasteiger partial charge >= 0.3 is 0 Å². The zero-order valence-electron chi connectivity index (χ0n) is 14.5. The van der Waals surface area contributed by atoms with Crippen molar-refractivity contribution in [2.45, 2.75) is 82.4 Å². The van der Waals surface area contributed by atoms with Crippen molar-refractivity contribution in [1.29, 1.82) is 0 Å². The van der Waals surface area contributed by atoms with Crippen LogP contribution in [-0.2, 0) is 16.5 Å². The van der Waals surface area contributed by atoms with Crippen LogP contribution in [0.4, 0.5) is 0 Å². The number of benzene rings is 1. The van der Waals surface area contributed by atoms with E-state index in [1.807, 2.05) is 6.07 Å². The zero-order chi connectivity index (χ0) is 16.3. The number of unbranched alkanes of at least 4 members (excludes halogenated alkanes) is 9. The minimum absolute atomic E-state index is 0. The lowest BCUT2D eigenvalue weighted by molar-refractivity contribution is 0.481. The molecule has 1 rings (SSSR count). The molecule has 1 aromatic rings. The van der Waals surface area contributed by atoms with E-state index in [2.05, 4.69) is 6.92 Å². The summed E-state index contributed by atoms with van der Waals surface area (Å²) in [5.74, 6) is 0. The van der Waals surface area contributed by atoms with Crippen LogP contribution in [0.1, 0.15) is 76.7 Å². The molecule has 0 fully saturated rings. The van der Waals surface area contributed by atoms with Crippen LogP contribution in [0.3, 0.4) is 0 Å². The van der Waals surface area contributed by atoms with Crippen molar-refractivity contribution in [3.63, 3.8) is 0 Å². The van der Waals surface area contributed by atoms with Gasteiger partial charge < -0.3 is 6.15 Å². The van der Waals surface area contributed by atoms with Crippen LogP contribution in [0.2, 0.25) is 0 Å². The number of hydrogen-bond donors (Lipinski definition) is 2. The topological polar surface area (TPSA) is 89.4 Å². The highest BCUT2D eigenvalue weighted by molar-refractivity contribution is 7.85. The number of aryl methyl sites for hydroxylation is 1. The summed E-state index contributed by atoms with van der Waals surface area (Å²) in [6, 6.07) is 6.73. The van der Waals surface area contributed by atoms with E-state index < -0.39 is 10.1 Å². The minimum atomic E-state index is -4.10. The highest BCUT2D eigenvalue weighted by atomic mass is 32.2. The first-order chi connectivity index (χ1) is 10.6. The average molecular weight is 344 g/mol. The van der Waals surface area contributed by atoms with Gasteiger partial charge in [-0.1, -0.05) is 82.9 Å². The van der Waals surface area contributed by atoms with Crippen LogP contribution in [0.25, 0.3) is 0 Å². The normalized spacial score (nSPS) is 11.2. The molecular formula is C18H33NO3S. The molecule has 1 aromatic carbocycles. The second-order valence-electron chi connectivity index (χ2n) is 6.01. The zero-order valence-corrected chi connectivity index (χ0v) is 15.3. The third-order valence-electron chi connectivity index (χ3n) is 4.05. The molecule has 134 valence electrons. The molecule has 0 amide bonds. The van der Waals surface area contributed by atoms with Gasteiger partial charge in [0, 0.05) is 0 Å². The first kappa shape index (κ1) is 22.1. The summed E-state index contributed by atoms with van der Waals surface area (Å²) in [7, 11) is -4.10. The Morgan fingerprint density at radius 2 is 1.30 bits per heavy atom. The Balaban J connectivity index is 0.00000484. The van der Waals surface area contributed by atoms with Crippen molar-refractivity contribution in [3.8, 4) is 0 Å². The molecule has 0 aliphatic heterocycles. The highest BCUT2D eigenvalue weighted by Gasteiger charge is 2.13. The van der Waals surface area contributed by atoms with E-state index in [9.17, 15) is 13.0 Å². The second kappa shape index (κ2) is 12.5. The lowest BCUT2D eigenvalue weighted by atomic mass is 10.0. The van der Waals surface area contributed by atoms with Gasteiger partial charge in [0.05, 0.1) is 4.90 Å². The summed E-state index contributed by atoms with van der Waals surface area (Å²) >= 11 is 0. The molecule has 0 unspecified atom stereocenters. The summed E-state index contributed by atoms with van der Waals surface area (Å²) < 4.78 is 31.8. The molecule has 23 heavy (non-hydrogen) atoms. The van der Waals surface area contributed by atoms with Crippen LogP contribution in [0.15, 0.2) is 29.2 Å². The van der Waals surface area contributed by atoms with E-state index in [1.54, 1.807) is 12.1 Å². The van der Waals surface area contributed by atoms with Gasteiger partial charge in [-0.25, -0.2) is 0 Å². The summed E-state index contributed by atoms with van der Waals surface area (Å²) in [6.07, 6.45) is 13.3. The lowest BCUT2D eigenvalue weighted by Crippen LogP contribution is -2.03. The fourth-order valence-corrected chi connectivity index (χ4v) is 3.52. The van der Waals surface area contributed by atoms with Gasteiger partial charge in [0.2, 0.25) is 0 Å². The Morgan fingerprint density at radius 3 is 1.83 bits per heavy atom. The molecule has 4 N–H and O–H groups in total. The smallest absolute Gasteiger partial charge is 0.294 e. The van der Waals surface area contributed by atoms with Crippen LogP contribution in [-0.4, -0.2) is 13.0 Å². The lowest BCUT2D eigenvalue weighted by Gasteiger charge is -2.07. The van der Waals surface area contributed by atoms with Crippen LogP contribution in [0.5, 0.6) is 0 Å². The number of hydrogen-bond acceptors (Lipinski definition) is 3. The Morgan fingerprint density at radius 1 is 0.826 bits per heavy atom. The summed E-state index contributed by atoms with van der Waals surface area (Å²) in [4.78, 5) is 0.0610. The predicted molar refractivity (Wildman–Crippen MR) is 96.8 cm³/mol. The third-order valence-corrected chi connectivity index (χ3v) is 5.00. The molecule has 0 radical (unpaired) electrons. The van der Waals surface area contributed by atoms with Crippen molar-refractivity contribution in [1.82, 2.24) is 6.15 Å². The van der Waals surface area contributed by atoms with E-state index in [-0.39, 0.29) is 11.0 Å². The van der Waals surface area contributed by atoms with Crippen LogP contribution >= 0.6 is 0 Å². The average Bonchev–Trinajstić information content (AvgIpc) is 2.48. The molecule has 0 aliphatic carbocycles. The van der Waals surface area contributed by atoms with Gasteiger partial charge in [0.1, 0.15) is 0 Å². The van der Waals surface area contributed by atoms with Crippen molar-refractivity contribution < 1.29 is 13.0 Å². The molecule has 0 saturated heterocycles. The van der Waals surface area contributed by atoms with Gasteiger partial charge in [0.25, 0.3) is 10.1 Å². The van der Waals surface area contributed by atoms with Crippen molar-refractivity contribution in [2.24, 2.45) is 0 Å². The molecule has 0 saturated carbocycles. The second-order valence-corrected chi connectivity index (χ2v) is 7.40. The Kier molecular flexibility index (Phi) is 12.0. The molecule has 0 heterocycles. The van der Waals surface area contributed by atoms with Gasteiger partial charge in [0.15, 0.2) is 0 Å². The maximum atomic E-state index is 11.3. The summed E-state index contributed by atoms with van der Waals surface area (Å²) in [5.41, 5.74) is 0.726. The van der Waals surface area contributed by atoms with E-state index in [4.69, 9.17) is 0 Å². The van der Waals surface area contributed by atoms with Gasteiger partial charge in [-0.3, -0.25) is 4.55 Å². The molecule has 0 aliphatic rings. The molecule has 0 atom stereocenters. The van der Waals surface area contributed by atoms with Gasteiger partial charge in [-0.15, -0.1) is 0 Å². The summed E-state index contributed by atoms with van der Waals surface area (Å²) in [5, 5.41) is 0. The number of rotatable bonds is 12. The predicted octanol–water partition coefficient (Wildman–Crippen LogP) is 5.56. The molecule has 0 bridgehead atoms. The Labute approximate surface area is 142 Å². The quantitative estimate of drug-likeness (QED) is 0.384. The third kappa shape index (κ3) is 9.74. The van der Waals surface area contributed by atoms with E-state index in [0.717, 1.165) is 18.4 Å². The molecule has 0 spiro atoms. The van der Waals surface area contributed by atoms with Crippen molar-refractivity contribution in [2.75, 3.05) is 0 Å². The van der Waals surface area contributed by atoms with E-state index in [0.29, 0.717) is 6.42 Å². The maximum absolute atomic E-state index is 11.3. The molecule has 5 heteroatoms. The largest absolute Gasteiger partial charge is 0.344 e. The minimum Gasteiger partial charge on any atom is -0.344 e. The maximum Gasteiger partial charge on any atom is 0.294 e. The molecule has 0 aromatic heterocycles. The van der Waals surface area contributed by atoms with E-state index in [1.165, 1.54) is 57.4 Å². The monoisotopic (exact) mass is 343 g/mol. The summed E-state index contributed by atoms with van der Waals surface area (Å²) in [6.45, 7) is 2.24. The Bertz CT molecular complexity index is 515. The molecular weight excluding hydrogens is 310 g/mol. The first-order valence-corrected chi connectivity index (χ1v) is 10.0. The first-order valence-electron chi connectivity index (χ1n) is 8.61. The van der Waals surface area contributed by atoms with Gasteiger partial charge in [-0.2, -0.15) is 8.42 Å². The van der Waals surface area contributed by atoms with Gasteiger partial charge in [-0.05, 0) is 24.5 Å². The SMILES string of the molecule is CCCCCCCCCCCCc1ccccc1S(=O)(=O)O.N. The highest BCUT2D eigenvalue weighted by Crippen LogP contribution is 2.18. The fourth-order valence-electron chi connectivity index (χ4n) is 2.76. The fraction of sp³-hybridized carbons (Fsp3) is 0.667. The Hall–Kier alpha value is -0.910.